The van der Waals surface area contributed by atoms with Crippen molar-refractivity contribution in [2.45, 2.75) is 26.3 Å². The fourth-order valence-corrected chi connectivity index (χ4v) is 1.83. The zero-order valence-corrected chi connectivity index (χ0v) is 12.7. The fraction of sp³-hybridized carbons (Fsp3) is 0.533. The Labute approximate surface area is 128 Å². The minimum Gasteiger partial charge on any atom is -0.492 e. The van der Waals surface area contributed by atoms with Crippen LogP contribution < -0.4 is 15.4 Å². The largest absolute Gasteiger partial charge is 0.492 e. The van der Waals surface area contributed by atoms with Crippen molar-refractivity contribution in [1.82, 2.24) is 10.6 Å². The number of halogens is 2. The van der Waals surface area contributed by atoms with Crippen LogP contribution in [0.1, 0.15) is 20.3 Å². The number of carbonyl (C=O) groups excluding carboxylic acids is 1. The second-order valence-corrected chi connectivity index (χ2v) is 5.19. The lowest BCUT2D eigenvalue weighted by molar-refractivity contribution is 0.216. The molecule has 0 saturated carbocycles. The molecular weight excluding hydrogens is 294 g/mol. The zero-order valence-electron chi connectivity index (χ0n) is 12.7. The van der Waals surface area contributed by atoms with E-state index in [1.54, 1.807) is 0 Å². The summed E-state index contributed by atoms with van der Waals surface area (Å²) in [6.45, 7) is 4.25. The lowest BCUT2D eigenvalue weighted by Gasteiger charge is -2.21. The van der Waals surface area contributed by atoms with E-state index < -0.39 is 11.6 Å². The number of nitrogens with one attached hydrogen (secondary N) is 2. The molecular formula is C15H22F2N2O3. The van der Waals surface area contributed by atoms with E-state index in [2.05, 4.69) is 10.6 Å². The predicted molar refractivity (Wildman–Crippen MR) is 78.7 cm³/mol. The van der Waals surface area contributed by atoms with Crippen molar-refractivity contribution >= 4 is 6.03 Å². The molecule has 1 rings (SSSR count). The summed E-state index contributed by atoms with van der Waals surface area (Å²) in [4.78, 5) is 11.7. The second-order valence-electron chi connectivity index (χ2n) is 5.19. The van der Waals surface area contributed by atoms with E-state index >= 15 is 0 Å². The molecule has 124 valence electrons. The molecule has 0 aliphatic carbocycles. The van der Waals surface area contributed by atoms with Crippen LogP contribution in [0, 0.1) is 17.6 Å². The van der Waals surface area contributed by atoms with Crippen molar-refractivity contribution in [2.75, 3.05) is 19.8 Å². The van der Waals surface area contributed by atoms with Crippen LogP contribution in [-0.4, -0.2) is 36.9 Å². The van der Waals surface area contributed by atoms with E-state index in [0.29, 0.717) is 6.42 Å². The number of carbonyl (C=O) groups is 1. The number of amides is 2. The molecule has 7 heteroatoms. The molecule has 0 saturated heterocycles. The predicted octanol–water partition coefficient (Wildman–Crippen LogP) is 2.05. The Hall–Kier alpha value is -1.89. The summed E-state index contributed by atoms with van der Waals surface area (Å²) in [6.07, 6.45) is 0.483. The van der Waals surface area contributed by atoms with Crippen molar-refractivity contribution in [3.8, 4) is 5.75 Å². The summed E-state index contributed by atoms with van der Waals surface area (Å²) < 4.78 is 30.9. The maximum Gasteiger partial charge on any atom is 0.315 e. The number of benzene rings is 1. The highest BCUT2D eigenvalue weighted by molar-refractivity contribution is 5.74. The lowest BCUT2D eigenvalue weighted by Crippen LogP contribution is -2.45. The zero-order chi connectivity index (χ0) is 16.5. The molecule has 0 radical (unpaired) electrons. The Morgan fingerprint density at radius 3 is 2.64 bits per heavy atom. The topological polar surface area (TPSA) is 70.6 Å². The summed E-state index contributed by atoms with van der Waals surface area (Å²) in [5, 5.41) is 14.3. The number of ether oxygens (including phenoxy) is 1. The summed E-state index contributed by atoms with van der Waals surface area (Å²) in [6, 6.07) is 2.77. The number of urea groups is 1. The van der Waals surface area contributed by atoms with E-state index in [4.69, 9.17) is 9.84 Å². The van der Waals surface area contributed by atoms with Crippen molar-refractivity contribution in [3.05, 3.63) is 29.8 Å². The van der Waals surface area contributed by atoms with Crippen LogP contribution in [0.4, 0.5) is 13.6 Å². The monoisotopic (exact) mass is 316 g/mol. The molecule has 0 spiro atoms. The summed E-state index contributed by atoms with van der Waals surface area (Å²) >= 11 is 0. The number of aliphatic hydroxyl groups is 1. The van der Waals surface area contributed by atoms with Gasteiger partial charge in [-0.1, -0.05) is 13.8 Å². The van der Waals surface area contributed by atoms with Gasteiger partial charge >= 0.3 is 6.03 Å². The highest BCUT2D eigenvalue weighted by Gasteiger charge is 2.15. The second kappa shape index (κ2) is 9.19. The molecule has 22 heavy (non-hydrogen) atoms. The van der Waals surface area contributed by atoms with Crippen molar-refractivity contribution in [1.29, 1.82) is 0 Å². The van der Waals surface area contributed by atoms with Gasteiger partial charge in [-0.25, -0.2) is 13.6 Å². The average Bonchev–Trinajstić information content (AvgIpc) is 2.46. The van der Waals surface area contributed by atoms with Crippen LogP contribution in [0.5, 0.6) is 5.75 Å². The fourth-order valence-electron chi connectivity index (χ4n) is 1.83. The van der Waals surface area contributed by atoms with Gasteiger partial charge in [-0.3, -0.25) is 0 Å². The van der Waals surface area contributed by atoms with Gasteiger partial charge in [0.2, 0.25) is 0 Å². The van der Waals surface area contributed by atoms with Crippen molar-refractivity contribution in [3.63, 3.8) is 0 Å². The smallest absolute Gasteiger partial charge is 0.315 e. The van der Waals surface area contributed by atoms with Gasteiger partial charge in [0, 0.05) is 18.7 Å². The first kappa shape index (κ1) is 18.2. The van der Waals surface area contributed by atoms with Crippen LogP contribution in [0.2, 0.25) is 0 Å². The summed E-state index contributed by atoms with van der Waals surface area (Å²) in [5.41, 5.74) is 0. The third kappa shape index (κ3) is 6.26. The van der Waals surface area contributed by atoms with Crippen LogP contribution in [0.15, 0.2) is 18.2 Å². The highest BCUT2D eigenvalue weighted by atomic mass is 19.2. The average molecular weight is 316 g/mol. The number of aliphatic hydroxyl groups excluding tert-OH is 1. The van der Waals surface area contributed by atoms with E-state index in [0.717, 1.165) is 12.1 Å². The first-order valence-corrected chi connectivity index (χ1v) is 7.17. The van der Waals surface area contributed by atoms with Gasteiger partial charge in [0.15, 0.2) is 11.6 Å². The Bertz CT molecular complexity index is 484. The maximum absolute atomic E-state index is 13.0. The highest BCUT2D eigenvalue weighted by Crippen LogP contribution is 2.14. The molecule has 0 aromatic heterocycles. The molecule has 0 heterocycles. The third-order valence-corrected chi connectivity index (χ3v) is 3.11. The molecule has 0 bridgehead atoms. The Morgan fingerprint density at radius 1 is 1.32 bits per heavy atom. The lowest BCUT2D eigenvalue weighted by atomic mass is 10.0. The molecule has 0 aliphatic rings. The SMILES string of the molecule is CC(C)C(CCO)NC(=O)NCCOc1ccc(F)c(F)c1. The van der Waals surface area contributed by atoms with Crippen LogP contribution in [0.3, 0.4) is 0 Å². The minimum absolute atomic E-state index is 0.00235. The van der Waals surface area contributed by atoms with Crippen LogP contribution >= 0.6 is 0 Å². The molecule has 1 aromatic rings. The van der Waals surface area contributed by atoms with Gasteiger partial charge in [-0.15, -0.1) is 0 Å². The normalized spacial score (nSPS) is 12.1. The van der Waals surface area contributed by atoms with Crippen molar-refractivity contribution < 1.29 is 23.4 Å². The molecule has 3 N–H and O–H groups in total. The maximum atomic E-state index is 13.0. The molecule has 1 unspecified atom stereocenters. The molecule has 5 nitrogen and oxygen atoms in total. The first-order valence-electron chi connectivity index (χ1n) is 7.17. The number of rotatable bonds is 8. The van der Waals surface area contributed by atoms with Gasteiger partial charge in [0.25, 0.3) is 0 Å². The van der Waals surface area contributed by atoms with Gasteiger partial charge in [-0.05, 0) is 24.5 Å². The van der Waals surface area contributed by atoms with Crippen molar-refractivity contribution in [2.24, 2.45) is 5.92 Å². The molecule has 0 aliphatic heterocycles. The number of hydrogen-bond acceptors (Lipinski definition) is 3. The first-order chi connectivity index (χ1) is 10.4. The third-order valence-electron chi connectivity index (χ3n) is 3.11. The summed E-state index contributed by atoms with van der Waals surface area (Å²) in [5.74, 6) is -1.52. The van der Waals surface area contributed by atoms with Crippen LogP contribution in [-0.2, 0) is 0 Å². The quantitative estimate of drug-likeness (QED) is 0.643. The van der Waals surface area contributed by atoms with E-state index in [-0.39, 0.29) is 43.5 Å². The minimum atomic E-state index is -0.980. The summed E-state index contributed by atoms with van der Waals surface area (Å²) in [7, 11) is 0. The van der Waals surface area contributed by atoms with Crippen LogP contribution in [0.25, 0.3) is 0 Å². The van der Waals surface area contributed by atoms with E-state index in [9.17, 15) is 13.6 Å². The van der Waals surface area contributed by atoms with Gasteiger partial charge in [-0.2, -0.15) is 0 Å². The Kier molecular flexibility index (Phi) is 7.59. The van der Waals surface area contributed by atoms with E-state index in [1.165, 1.54) is 6.07 Å². The molecule has 1 aromatic carbocycles. The molecule has 0 fully saturated rings. The Balaban J connectivity index is 2.28. The van der Waals surface area contributed by atoms with Gasteiger partial charge in [0.1, 0.15) is 12.4 Å². The standard InChI is InChI=1S/C15H22F2N2O3/c1-10(2)14(5-7-20)19-15(21)18-6-8-22-11-3-4-12(16)13(17)9-11/h3-4,9-10,14,20H,5-8H2,1-2H3,(H2,18,19,21). The van der Waals surface area contributed by atoms with E-state index in [1.807, 2.05) is 13.8 Å². The van der Waals surface area contributed by atoms with Gasteiger partial charge in [0.05, 0.1) is 6.54 Å². The Morgan fingerprint density at radius 2 is 2.05 bits per heavy atom. The van der Waals surface area contributed by atoms with Gasteiger partial charge < -0.3 is 20.5 Å². The molecule has 1 atom stereocenters. The number of hydrogen-bond donors (Lipinski definition) is 3. The molecule has 2 amide bonds.